The molecule has 1 unspecified atom stereocenters. The van der Waals surface area contributed by atoms with Gasteiger partial charge in [-0.25, -0.2) is 9.59 Å². The van der Waals surface area contributed by atoms with Crippen molar-refractivity contribution in [2.45, 2.75) is 145 Å². The Hall–Kier alpha value is -5.01. The lowest BCUT2D eigenvalue weighted by Crippen LogP contribution is -2.57. The molecule has 59 heavy (non-hydrogen) atoms. The summed E-state index contributed by atoms with van der Waals surface area (Å²) in [6, 6.07) is 3.19. The van der Waals surface area contributed by atoms with E-state index >= 15 is 0 Å². The number of amides is 5. The molecule has 0 saturated heterocycles. The van der Waals surface area contributed by atoms with E-state index in [0.717, 1.165) is 16.7 Å². The van der Waals surface area contributed by atoms with Gasteiger partial charge in [-0.3, -0.25) is 24.0 Å². The van der Waals surface area contributed by atoms with Crippen molar-refractivity contribution in [3.05, 3.63) is 58.7 Å². The van der Waals surface area contributed by atoms with Crippen LogP contribution in [0.15, 0.2) is 47.6 Å². The lowest BCUT2D eigenvalue weighted by molar-refractivity contribution is -0.154. The van der Waals surface area contributed by atoms with Gasteiger partial charge >= 0.3 is 11.9 Å². The first kappa shape index (κ1) is 50.1. The molecule has 328 valence electrons. The van der Waals surface area contributed by atoms with E-state index in [1.165, 1.54) is 37.7 Å². The zero-order valence-electron chi connectivity index (χ0n) is 37.5. The van der Waals surface area contributed by atoms with Gasteiger partial charge in [-0.2, -0.15) is 0 Å². The van der Waals surface area contributed by atoms with Crippen LogP contribution in [0.3, 0.4) is 0 Å². The van der Waals surface area contributed by atoms with Crippen molar-refractivity contribution in [2.24, 2.45) is 17.8 Å². The van der Waals surface area contributed by atoms with Gasteiger partial charge in [-0.15, -0.1) is 0 Å². The molecular weight excluding hydrogens is 755 g/mol. The monoisotopic (exact) mass is 824 g/mol. The largest absolute Gasteiger partial charge is 0.456 e. The summed E-state index contributed by atoms with van der Waals surface area (Å²) < 4.78 is 11.7. The van der Waals surface area contributed by atoms with Crippen molar-refractivity contribution < 1.29 is 43.0 Å². The topological polar surface area (TPSA) is 181 Å². The molecule has 1 aromatic carbocycles. The number of likely N-dealkylation sites (N-methyl/N-ethyl adjacent to an activating group) is 2. The Kier molecular flexibility index (Phi) is 20.0. The second-order valence-electron chi connectivity index (χ2n) is 16.6. The van der Waals surface area contributed by atoms with Crippen LogP contribution in [0.2, 0.25) is 0 Å². The molecule has 0 aromatic heterocycles. The maximum absolute atomic E-state index is 14.2. The maximum Gasteiger partial charge on any atom is 0.334 e. The van der Waals surface area contributed by atoms with Gasteiger partial charge in [0, 0.05) is 26.1 Å². The fraction of sp³-hybridized carbons (Fsp3) is 0.622. The van der Waals surface area contributed by atoms with Gasteiger partial charge in [-0.05, 0) is 89.7 Å². The minimum Gasteiger partial charge on any atom is -0.456 e. The Bertz CT molecular complexity index is 1700. The Balaban J connectivity index is 2.60. The Morgan fingerprint density at radius 2 is 1.47 bits per heavy atom. The molecular formula is C45H69N5O9. The number of esters is 2. The number of hydrogen-bond acceptors (Lipinski definition) is 9. The number of aryl methyl sites for hydroxylation is 1. The van der Waals surface area contributed by atoms with Crippen LogP contribution in [0.1, 0.15) is 106 Å². The highest BCUT2D eigenvalue weighted by Gasteiger charge is 2.36. The number of allylic oxidation sites excluding steroid dienone is 2. The highest BCUT2D eigenvalue weighted by molar-refractivity contribution is 5.96. The lowest BCUT2D eigenvalue weighted by Gasteiger charge is -2.33. The Morgan fingerprint density at radius 3 is 2.05 bits per heavy atom. The third kappa shape index (κ3) is 15.3. The average molecular weight is 824 g/mol. The van der Waals surface area contributed by atoms with E-state index < -0.39 is 84.4 Å². The van der Waals surface area contributed by atoms with Crippen LogP contribution in [-0.2, 0) is 49.5 Å². The van der Waals surface area contributed by atoms with Gasteiger partial charge in [0.25, 0.3) is 5.91 Å². The smallest absolute Gasteiger partial charge is 0.334 e. The normalized spacial score (nSPS) is 27.6. The van der Waals surface area contributed by atoms with Gasteiger partial charge in [0.05, 0.1) is 6.54 Å². The fourth-order valence-corrected chi connectivity index (χ4v) is 6.70. The number of nitrogens with one attached hydrogen (secondary N) is 3. The highest BCUT2D eigenvalue weighted by Crippen LogP contribution is 2.23. The summed E-state index contributed by atoms with van der Waals surface area (Å²) in [5.74, 6) is -4.87. The van der Waals surface area contributed by atoms with Crippen LogP contribution < -0.4 is 16.0 Å². The standard InChI is InChI=1S/C45H69N5O9/c1-14-28(6)38-41(53)47-33(11)45(57)59-39(29(7)15-2)30(8)17-16-18-31(9)44(56)58-36(23-26(3)4)40(52)46-32(10)42(54)50(13)35(24-34-21-19-27(5)20-22-34)43(55)49(12)25-37(51)48-38/h15,18-22,26,28,30,32-33,35-36,38-39H,14,16-17,23-25H2,1-13H3,(H,46,52)(H,47,53)(H,48,51)/b29-15+,31-18+/t28?,30-,32-,33+,35+,36+,38-,39+/m0/s1. The molecule has 0 spiro atoms. The first-order valence-electron chi connectivity index (χ1n) is 20.8. The minimum absolute atomic E-state index is 0.0343. The molecule has 0 radical (unpaired) electrons. The Morgan fingerprint density at radius 1 is 0.864 bits per heavy atom. The zero-order chi connectivity index (χ0) is 44.7. The van der Waals surface area contributed by atoms with Gasteiger partial charge < -0.3 is 35.2 Å². The molecule has 3 N–H and O–H groups in total. The van der Waals surface area contributed by atoms with Gasteiger partial charge in [0.2, 0.25) is 23.6 Å². The first-order chi connectivity index (χ1) is 27.6. The highest BCUT2D eigenvalue weighted by atomic mass is 16.6. The number of hydrogen-bond donors (Lipinski definition) is 3. The summed E-state index contributed by atoms with van der Waals surface area (Å²) in [7, 11) is 2.90. The van der Waals surface area contributed by atoms with Crippen molar-refractivity contribution >= 4 is 41.5 Å². The zero-order valence-corrected chi connectivity index (χ0v) is 37.5. The maximum atomic E-state index is 14.2. The number of carbonyl (C=O) groups excluding carboxylic acids is 7. The van der Waals surface area contributed by atoms with Crippen molar-refractivity contribution in [1.29, 1.82) is 0 Å². The van der Waals surface area contributed by atoms with Crippen LogP contribution >= 0.6 is 0 Å². The first-order valence-corrected chi connectivity index (χ1v) is 20.8. The molecule has 0 saturated carbocycles. The molecule has 8 atom stereocenters. The van der Waals surface area contributed by atoms with Crippen LogP contribution in [-0.4, -0.2) is 108 Å². The average Bonchev–Trinajstić information content (AvgIpc) is 3.18. The third-order valence-corrected chi connectivity index (χ3v) is 10.9. The van der Waals surface area contributed by atoms with Crippen LogP contribution in [0.25, 0.3) is 0 Å². The van der Waals surface area contributed by atoms with E-state index in [9.17, 15) is 33.6 Å². The minimum atomic E-state index is -1.19. The number of benzene rings is 1. The summed E-state index contributed by atoms with van der Waals surface area (Å²) in [5, 5.41) is 8.16. The Labute approximate surface area is 351 Å². The van der Waals surface area contributed by atoms with Crippen molar-refractivity contribution in [1.82, 2.24) is 25.8 Å². The molecule has 1 aliphatic heterocycles. The molecule has 5 amide bonds. The van der Waals surface area contributed by atoms with Crippen molar-refractivity contribution in [3.63, 3.8) is 0 Å². The summed E-state index contributed by atoms with van der Waals surface area (Å²) >= 11 is 0. The number of nitrogens with zero attached hydrogens (tertiary/aromatic N) is 2. The van der Waals surface area contributed by atoms with Crippen LogP contribution in [0.5, 0.6) is 0 Å². The van der Waals surface area contributed by atoms with Crippen molar-refractivity contribution in [3.8, 4) is 0 Å². The summed E-state index contributed by atoms with van der Waals surface area (Å²) in [6.45, 7) is 19.2. The summed E-state index contributed by atoms with van der Waals surface area (Å²) in [6.07, 6.45) is 3.54. The molecule has 2 rings (SSSR count). The van der Waals surface area contributed by atoms with E-state index in [1.54, 1.807) is 19.9 Å². The number of ether oxygens (including phenoxy) is 2. The second kappa shape index (κ2) is 23.5. The lowest BCUT2D eigenvalue weighted by atomic mass is 9.93. The molecule has 0 fully saturated rings. The molecule has 1 aromatic rings. The quantitative estimate of drug-likeness (QED) is 0.262. The van der Waals surface area contributed by atoms with E-state index in [0.29, 0.717) is 24.8 Å². The SMILES string of the molecule is C/C=C(\C)[C@H]1OC(=O)[C@@H](C)NC(=O)[C@H](C(C)CC)NC(=O)CN(C)C(=O)[C@@H](Cc2ccc(C)cc2)N(C)C(=O)[C@H](C)NC(=O)[C@@H](CC(C)C)OC(=O)/C(C)=C/CC[C@@H]1C. The molecule has 1 heterocycles. The number of rotatable bonds is 7. The van der Waals surface area contributed by atoms with Crippen LogP contribution in [0, 0.1) is 24.7 Å². The molecule has 1 aliphatic rings. The summed E-state index contributed by atoms with van der Waals surface area (Å²) in [4.78, 5) is 98.2. The van der Waals surface area contributed by atoms with E-state index in [-0.39, 0.29) is 30.6 Å². The predicted molar refractivity (Wildman–Crippen MR) is 226 cm³/mol. The predicted octanol–water partition coefficient (Wildman–Crippen LogP) is 4.58. The van der Waals surface area contributed by atoms with E-state index in [1.807, 2.05) is 78.8 Å². The number of carbonyl (C=O) groups is 7. The molecule has 14 nitrogen and oxygen atoms in total. The van der Waals surface area contributed by atoms with E-state index in [2.05, 4.69) is 16.0 Å². The fourth-order valence-electron chi connectivity index (χ4n) is 6.70. The van der Waals surface area contributed by atoms with Gasteiger partial charge in [0.1, 0.15) is 30.3 Å². The third-order valence-electron chi connectivity index (χ3n) is 10.9. The molecule has 0 bridgehead atoms. The number of cyclic esters (lactones) is 2. The van der Waals surface area contributed by atoms with Crippen LogP contribution in [0.4, 0.5) is 0 Å². The second-order valence-corrected chi connectivity index (χ2v) is 16.6. The van der Waals surface area contributed by atoms with Gasteiger partial charge in [-0.1, -0.05) is 83.0 Å². The molecule has 14 heteroatoms. The molecule has 0 aliphatic carbocycles. The van der Waals surface area contributed by atoms with Gasteiger partial charge in [0.15, 0.2) is 6.10 Å². The van der Waals surface area contributed by atoms with E-state index in [4.69, 9.17) is 9.47 Å². The van der Waals surface area contributed by atoms with Crippen molar-refractivity contribution in [2.75, 3.05) is 20.6 Å². The summed E-state index contributed by atoms with van der Waals surface area (Å²) in [5.41, 5.74) is 2.87.